The van der Waals surface area contributed by atoms with Crippen molar-refractivity contribution in [2.75, 3.05) is 6.54 Å². The molecule has 2 nitrogen and oxygen atoms in total. The molecule has 98 valence electrons. The minimum Gasteiger partial charge on any atom is -0.328 e. The van der Waals surface area contributed by atoms with Gasteiger partial charge in [-0.1, -0.05) is 30.3 Å². The molecule has 0 aliphatic heterocycles. The molecule has 0 spiro atoms. The molecular formula is C16H24N2. The van der Waals surface area contributed by atoms with E-state index in [0.29, 0.717) is 6.04 Å². The van der Waals surface area contributed by atoms with Crippen LogP contribution in [0.1, 0.15) is 43.6 Å². The van der Waals surface area contributed by atoms with E-state index >= 15 is 0 Å². The molecule has 2 atom stereocenters. The Balaban J connectivity index is 1.41. The Morgan fingerprint density at radius 3 is 2.50 bits per heavy atom. The summed E-state index contributed by atoms with van der Waals surface area (Å²) in [5, 5.41) is 3.75. The standard InChI is InChI=1S/C16H24N2/c17-14-8-6-12(7-9-14)11-18-16-10-15(16)13-4-2-1-3-5-13/h1-5,12,14-16,18H,6-11,17H2/t12?,14?,15-,16+/m1/s1. The molecule has 0 radical (unpaired) electrons. The van der Waals surface area contributed by atoms with Crippen LogP contribution in [0.15, 0.2) is 30.3 Å². The molecule has 1 aromatic rings. The number of nitrogens with one attached hydrogen (secondary N) is 1. The molecule has 1 aromatic carbocycles. The zero-order valence-electron chi connectivity index (χ0n) is 11.0. The highest BCUT2D eigenvalue weighted by atomic mass is 15.0. The van der Waals surface area contributed by atoms with Gasteiger partial charge in [0, 0.05) is 18.0 Å². The van der Waals surface area contributed by atoms with E-state index in [9.17, 15) is 0 Å². The molecular weight excluding hydrogens is 220 g/mol. The lowest BCUT2D eigenvalue weighted by Gasteiger charge is -2.26. The van der Waals surface area contributed by atoms with Gasteiger partial charge < -0.3 is 11.1 Å². The van der Waals surface area contributed by atoms with Gasteiger partial charge in [-0.05, 0) is 50.1 Å². The summed E-state index contributed by atoms with van der Waals surface area (Å²) in [7, 11) is 0. The Morgan fingerprint density at radius 1 is 1.06 bits per heavy atom. The molecule has 3 rings (SSSR count). The molecule has 0 saturated heterocycles. The fourth-order valence-electron chi connectivity index (χ4n) is 3.20. The van der Waals surface area contributed by atoms with E-state index < -0.39 is 0 Å². The number of hydrogen-bond donors (Lipinski definition) is 2. The average molecular weight is 244 g/mol. The second kappa shape index (κ2) is 5.41. The predicted octanol–water partition coefficient (Wildman–Crippen LogP) is 2.65. The minimum absolute atomic E-state index is 0.472. The summed E-state index contributed by atoms with van der Waals surface area (Å²) < 4.78 is 0. The maximum Gasteiger partial charge on any atom is 0.0143 e. The van der Waals surface area contributed by atoms with Crippen LogP contribution in [0.3, 0.4) is 0 Å². The van der Waals surface area contributed by atoms with Gasteiger partial charge in [-0.25, -0.2) is 0 Å². The molecule has 2 saturated carbocycles. The van der Waals surface area contributed by atoms with Gasteiger partial charge in [0.25, 0.3) is 0 Å². The van der Waals surface area contributed by atoms with Gasteiger partial charge in [0.15, 0.2) is 0 Å². The van der Waals surface area contributed by atoms with Crippen LogP contribution in [0.25, 0.3) is 0 Å². The Morgan fingerprint density at radius 2 is 1.78 bits per heavy atom. The van der Waals surface area contributed by atoms with Gasteiger partial charge in [-0.2, -0.15) is 0 Å². The lowest BCUT2D eigenvalue weighted by Crippen LogP contribution is -2.32. The zero-order chi connectivity index (χ0) is 12.4. The smallest absolute Gasteiger partial charge is 0.0143 e. The third kappa shape index (κ3) is 2.93. The molecule has 3 N–H and O–H groups in total. The lowest BCUT2D eigenvalue weighted by atomic mass is 9.86. The first-order valence-corrected chi connectivity index (χ1v) is 7.37. The Bertz CT molecular complexity index is 368. The fourth-order valence-corrected chi connectivity index (χ4v) is 3.20. The van der Waals surface area contributed by atoms with Crippen molar-refractivity contribution in [3.8, 4) is 0 Å². The first kappa shape index (κ1) is 12.2. The third-order valence-corrected chi connectivity index (χ3v) is 4.58. The molecule has 0 aromatic heterocycles. The highest BCUT2D eigenvalue weighted by Crippen LogP contribution is 2.40. The molecule has 2 heteroatoms. The van der Waals surface area contributed by atoms with E-state index in [1.807, 2.05) is 0 Å². The molecule has 0 heterocycles. The summed E-state index contributed by atoms with van der Waals surface area (Å²) >= 11 is 0. The van der Waals surface area contributed by atoms with Crippen LogP contribution in [0, 0.1) is 5.92 Å². The van der Waals surface area contributed by atoms with Crippen molar-refractivity contribution in [1.29, 1.82) is 0 Å². The number of hydrogen-bond acceptors (Lipinski definition) is 2. The SMILES string of the molecule is NC1CCC(CN[C@H]2C[C@@H]2c2ccccc2)CC1. The van der Waals surface area contributed by atoms with Crippen LogP contribution in [-0.4, -0.2) is 18.6 Å². The van der Waals surface area contributed by atoms with Gasteiger partial charge in [-0.15, -0.1) is 0 Å². The maximum atomic E-state index is 5.94. The molecule has 2 aliphatic carbocycles. The monoisotopic (exact) mass is 244 g/mol. The quantitative estimate of drug-likeness (QED) is 0.854. The van der Waals surface area contributed by atoms with Crippen molar-refractivity contribution < 1.29 is 0 Å². The van der Waals surface area contributed by atoms with E-state index in [0.717, 1.165) is 17.9 Å². The summed E-state index contributed by atoms with van der Waals surface area (Å²) in [4.78, 5) is 0. The van der Waals surface area contributed by atoms with Crippen molar-refractivity contribution in [2.45, 2.75) is 50.1 Å². The van der Waals surface area contributed by atoms with Crippen LogP contribution in [0.2, 0.25) is 0 Å². The summed E-state index contributed by atoms with van der Waals surface area (Å²) in [5.74, 6) is 1.62. The van der Waals surface area contributed by atoms with E-state index in [4.69, 9.17) is 5.73 Å². The van der Waals surface area contributed by atoms with Crippen LogP contribution in [0.4, 0.5) is 0 Å². The number of rotatable bonds is 4. The second-order valence-electron chi connectivity index (χ2n) is 6.05. The summed E-state index contributed by atoms with van der Waals surface area (Å²) in [6, 6.07) is 12.1. The van der Waals surface area contributed by atoms with Crippen molar-refractivity contribution in [3.63, 3.8) is 0 Å². The average Bonchev–Trinajstić information content (AvgIpc) is 3.19. The molecule has 2 fully saturated rings. The normalized spacial score (nSPS) is 35.4. The van der Waals surface area contributed by atoms with Crippen molar-refractivity contribution in [3.05, 3.63) is 35.9 Å². The fraction of sp³-hybridized carbons (Fsp3) is 0.625. The van der Waals surface area contributed by atoms with Crippen LogP contribution < -0.4 is 11.1 Å². The highest BCUT2D eigenvalue weighted by molar-refractivity contribution is 5.27. The van der Waals surface area contributed by atoms with Crippen LogP contribution in [0.5, 0.6) is 0 Å². The highest BCUT2D eigenvalue weighted by Gasteiger charge is 2.38. The Hall–Kier alpha value is -0.860. The van der Waals surface area contributed by atoms with Crippen molar-refractivity contribution >= 4 is 0 Å². The largest absolute Gasteiger partial charge is 0.328 e. The van der Waals surface area contributed by atoms with Gasteiger partial charge >= 0.3 is 0 Å². The van der Waals surface area contributed by atoms with Crippen LogP contribution in [-0.2, 0) is 0 Å². The van der Waals surface area contributed by atoms with Gasteiger partial charge in [0.05, 0.1) is 0 Å². The first-order chi connectivity index (χ1) is 8.83. The predicted molar refractivity (Wildman–Crippen MR) is 75.5 cm³/mol. The van der Waals surface area contributed by atoms with E-state index in [1.54, 1.807) is 0 Å². The van der Waals surface area contributed by atoms with Gasteiger partial charge in [0.2, 0.25) is 0 Å². The minimum atomic E-state index is 0.472. The van der Waals surface area contributed by atoms with Crippen LogP contribution >= 0.6 is 0 Å². The third-order valence-electron chi connectivity index (χ3n) is 4.58. The molecule has 0 bridgehead atoms. The topological polar surface area (TPSA) is 38.0 Å². The Labute approximate surface area is 110 Å². The lowest BCUT2D eigenvalue weighted by molar-refractivity contribution is 0.313. The van der Waals surface area contributed by atoms with Crippen molar-refractivity contribution in [2.24, 2.45) is 11.7 Å². The first-order valence-electron chi connectivity index (χ1n) is 7.37. The van der Waals surface area contributed by atoms with Gasteiger partial charge in [0.1, 0.15) is 0 Å². The van der Waals surface area contributed by atoms with E-state index in [-0.39, 0.29) is 0 Å². The number of nitrogens with two attached hydrogens (primary N) is 1. The zero-order valence-corrected chi connectivity index (χ0v) is 11.0. The van der Waals surface area contributed by atoms with Crippen molar-refractivity contribution in [1.82, 2.24) is 5.32 Å². The Kier molecular flexibility index (Phi) is 3.67. The molecule has 0 amide bonds. The van der Waals surface area contributed by atoms with Gasteiger partial charge in [-0.3, -0.25) is 0 Å². The van der Waals surface area contributed by atoms with E-state index in [1.165, 1.54) is 44.2 Å². The molecule has 2 aliphatic rings. The number of benzene rings is 1. The summed E-state index contributed by atoms with van der Waals surface area (Å²) in [5.41, 5.74) is 7.44. The molecule has 0 unspecified atom stereocenters. The summed E-state index contributed by atoms with van der Waals surface area (Å²) in [6.07, 6.45) is 6.39. The maximum absolute atomic E-state index is 5.94. The summed E-state index contributed by atoms with van der Waals surface area (Å²) in [6.45, 7) is 1.20. The van der Waals surface area contributed by atoms with E-state index in [2.05, 4.69) is 35.6 Å². The molecule has 18 heavy (non-hydrogen) atoms. The second-order valence-corrected chi connectivity index (χ2v) is 6.05.